The predicted octanol–water partition coefficient (Wildman–Crippen LogP) is -0.200. The molecule has 0 radical (unpaired) electrons. The fourth-order valence-electron chi connectivity index (χ4n) is 2.45. The van der Waals surface area contributed by atoms with Crippen molar-refractivity contribution in [3.05, 3.63) is 25.3 Å². The van der Waals surface area contributed by atoms with Gasteiger partial charge in [-0.15, -0.1) is 0 Å². The average Bonchev–Trinajstić information content (AvgIpc) is 2.77. The second kappa shape index (κ2) is 18.5. The van der Waals surface area contributed by atoms with Crippen LogP contribution in [0.4, 0.5) is 0 Å². The maximum atomic E-state index is 11.3. The van der Waals surface area contributed by atoms with Crippen LogP contribution in [0, 0.1) is 5.41 Å². The van der Waals surface area contributed by atoms with E-state index in [9.17, 15) is 14.4 Å². The van der Waals surface area contributed by atoms with Gasteiger partial charge in [-0.3, -0.25) is 14.4 Å². The van der Waals surface area contributed by atoms with Gasteiger partial charge in [0.2, 0.25) is 17.7 Å². The summed E-state index contributed by atoms with van der Waals surface area (Å²) in [5.74, 6) is -0.579. The average molecular weight is 444 g/mol. The van der Waals surface area contributed by atoms with E-state index in [1.807, 2.05) is 0 Å². The standard InChI is InChI=1S/C21H37N3O7/c1-5-18(25)22-8-11-29-15-21(14-28-4,16-30-12-9-23-19(26)6-2)17-31-13-10-24-20(27)7-3/h5-6H,1-2,7-17H2,3-4H3,(H,22,25)(H,23,26)(H,24,27). The minimum atomic E-state index is -0.603. The van der Waals surface area contributed by atoms with Gasteiger partial charge in [-0.25, -0.2) is 0 Å². The van der Waals surface area contributed by atoms with Crippen LogP contribution >= 0.6 is 0 Å². The number of ether oxygens (including phenoxy) is 4. The molecule has 31 heavy (non-hydrogen) atoms. The van der Waals surface area contributed by atoms with Crippen LogP contribution in [0.1, 0.15) is 13.3 Å². The number of methoxy groups -OCH3 is 1. The van der Waals surface area contributed by atoms with Gasteiger partial charge < -0.3 is 34.9 Å². The summed E-state index contributed by atoms with van der Waals surface area (Å²) in [4.78, 5) is 33.7. The molecular weight excluding hydrogens is 406 g/mol. The van der Waals surface area contributed by atoms with Crippen LogP contribution < -0.4 is 16.0 Å². The molecule has 0 aliphatic carbocycles. The first kappa shape index (κ1) is 28.7. The zero-order valence-electron chi connectivity index (χ0n) is 18.7. The minimum Gasteiger partial charge on any atom is -0.384 e. The first-order valence-electron chi connectivity index (χ1n) is 10.2. The molecule has 3 amide bonds. The molecule has 178 valence electrons. The summed E-state index contributed by atoms with van der Waals surface area (Å²) >= 11 is 0. The van der Waals surface area contributed by atoms with Gasteiger partial charge in [-0.1, -0.05) is 20.1 Å². The third kappa shape index (κ3) is 15.2. The molecule has 0 aliphatic heterocycles. The molecule has 0 saturated carbocycles. The molecule has 0 spiro atoms. The molecule has 10 heteroatoms. The summed E-state index contributed by atoms with van der Waals surface area (Å²) in [6, 6.07) is 0. The Morgan fingerprint density at radius 2 is 1.19 bits per heavy atom. The van der Waals surface area contributed by atoms with E-state index in [1.54, 1.807) is 14.0 Å². The summed E-state index contributed by atoms with van der Waals surface area (Å²) in [6.45, 7) is 11.7. The van der Waals surface area contributed by atoms with E-state index >= 15 is 0 Å². The van der Waals surface area contributed by atoms with Crippen molar-refractivity contribution < 1.29 is 33.3 Å². The molecule has 0 aromatic carbocycles. The number of carbonyl (C=O) groups excluding carboxylic acids is 3. The summed E-state index contributed by atoms with van der Waals surface area (Å²) in [5, 5.41) is 8.03. The van der Waals surface area contributed by atoms with E-state index in [1.165, 1.54) is 12.2 Å². The second-order valence-electron chi connectivity index (χ2n) is 6.78. The van der Waals surface area contributed by atoms with Crippen LogP contribution in [-0.4, -0.2) is 90.7 Å². The molecule has 10 nitrogen and oxygen atoms in total. The van der Waals surface area contributed by atoms with Crippen molar-refractivity contribution in [2.45, 2.75) is 13.3 Å². The van der Waals surface area contributed by atoms with Gasteiger partial charge in [0.15, 0.2) is 0 Å². The first-order valence-corrected chi connectivity index (χ1v) is 10.2. The predicted molar refractivity (Wildman–Crippen MR) is 116 cm³/mol. The highest BCUT2D eigenvalue weighted by molar-refractivity contribution is 5.87. The number of carbonyl (C=O) groups is 3. The number of hydrogen-bond acceptors (Lipinski definition) is 7. The lowest BCUT2D eigenvalue weighted by atomic mass is 9.92. The van der Waals surface area contributed by atoms with Crippen molar-refractivity contribution in [1.82, 2.24) is 16.0 Å². The SMILES string of the molecule is C=CC(=O)NCCOCC(COC)(COCCNC(=O)C=C)COCCNC(=O)CC. The number of hydrogen-bond donors (Lipinski definition) is 3. The van der Waals surface area contributed by atoms with E-state index < -0.39 is 5.41 Å². The van der Waals surface area contributed by atoms with E-state index in [2.05, 4.69) is 29.1 Å². The molecule has 0 aliphatic rings. The van der Waals surface area contributed by atoms with Crippen molar-refractivity contribution in [2.75, 3.05) is 73.0 Å². The van der Waals surface area contributed by atoms with Crippen LogP contribution in [-0.2, 0) is 33.3 Å². The Hall–Kier alpha value is -2.27. The largest absolute Gasteiger partial charge is 0.384 e. The lowest BCUT2D eigenvalue weighted by Gasteiger charge is -2.32. The first-order chi connectivity index (χ1) is 14.9. The summed E-state index contributed by atoms with van der Waals surface area (Å²) < 4.78 is 22.6. The molecule has 0 rings (SSSR count). The number of rotatable bonds is 20. The van der Waals surface area contributed by atoms with Gasteiger partial charge in [-0.2, -0.15) is 0 Å². The highest BCUT2D eigenvalue weighted by atomic mass is 16.5. The molecule has 3 N–H and O–H groups in total. The summed E-state index contributed by atoms with van der Waals surface area (Å²) in [5.41, 5.74) is -0.603. The Morgan fingerprint density at radius 3 is 1.55 bits per heavy atom. The van der Waals surface area contributed by atoms with Crippen molar-refractivity contribution >= 4 is 17.7 Å². The quantitative estimate of drug-likeness (QED) is 0.176. The van der Waals surface area contributed by atoms with E-state index in [0.29, 0.717) is 52.5 Å². The molecule has 0 heterocycles. The van der Waals surface area contributed by atoms with Gasteiger partial charge in [0.1, 0.15) is 0 Å². The van der Waals surface area contributed by atoms with Crippen LogP contribution in [0.3, 0.4) is 0 Å². The fraction of sp³-hybridized carbons (Fsp3) is 0.667. The lowest BCUT2D eigenvalue weighted by Crippen LogP contribution is -2.43. The molecule has 0 atom stereocenters. The number of amides is 3. The molecule has 0 aromatic heterocycles. The van der Waals surface area contributed by atoms with Crippen molar-refractivity contribution in [3.8, 4) is 0 Å². The molecule has 0 unspecified atom stereocenters. The Morgan fingerprint density at radius 1 is 0.774 bits per heavy atom. The van der Waals surface area contributed by atoms with Crippen molar-refractivity contribution in [1.29, 1.82) is 0 Å². The fourth-order valence-corrected chi connectivity index (χ4v) is 2.45. The Balaban J connectivity index is 4.66. The van der Waals surface area contributed by atoms with Gasteiger partial charge in [-0.05, 0) is 12.2 Å². The molecule has 0 fully saturated rings. The minimum absolute atomic E-state index is 0.0402. The summed E-state index contributed by atoms with van der Waals surface area (Å²) in [7, 11) is 1.57. The lowest BCUT2D eigenvalue weighted by molar-refractivity contribution is -0.121. The second-order valence-corrected chi connectivity index (χ2v) is 6.78. The van der Waals surface area contributed by atoms with Crippen molar-refractivity contribution in [3.63, 3.8) is 0 Å². The van der Waals surface area contributed by atoms with Crippen molar-refractivity contribution in [2.24, 2.45) is 5.41 Å². The van der Waals surface area contributed by atoms with Gasteiger partial charge in [0, 0.05) is 33.2 Å². The van der Waals surface area contributed by atoms with Gasteiger partial charge in [0.05, 0.1) is 51.7 Å². The van der Waals surface area contributed by atoms with Crippen LogP contribution in [0.2, 0.25) is 0 Å². The molecule has 0 bridgehead atoms. The van der Waals surface area contributed by atoms with E-state index in [0.717, 1.165) is 0 Å². The third-order valence-corrected chi connectivity index (χ3v) is 4.03. The summed E-state index contributed by atoms with van der Waals surface area (Å²) in [6.07, 6.45) is 2.80. The smallest absolute Gasteiger partial charge is 0.243 e. The third-order valence-electron chi connectivity index (χ3n) is 4.03. The normalized spacial score (nSPS) is 10.9. The van der Waals surface area contributed by atoms with Crippen LogP contribution in [0.25, 0.3) is 0 Å². The number of nitrogens with one attached hydrogen (secondary N) is 3. The Kier molecular flexibility index (Phi) is 17.1. The molecule has 0 aromatic rings. The molecular formula is C21H37N3O7. The van der Waals surface area contributed by atoms with E-state index in [-0.39, 0.29) is 37.5 Å². The van der Waals surface area contributed by atoms with Gasteiger partial charge in [0.25, 0.3) is 0 Å². The topological polar surface area (TPSA) is 124 Å². The zero-order valence-corrected chi connectivity index (χ0v) is 18.7. The maximum Gasteiger partial charge on any atom is 0.243 e. The molecule has 0 saturated heterocycles. The van der Waals surface area contributed by atoms with Gasteiger partial charge >= 0.3 is 0 Å². The Bertz CT molecular complexity index is 525. The maximum absolute atomic E-state index is 11.3. The van der Waals surface area contributed by atoms with Crippen LogP contribution in [0.5, 0.6) is 0 Å². The highest BCUT2D eigenvalue weighted by Crippen LogP contribution is 2.20. The van der Waals surface area contributed by atoms with Crippen LogP contribution in [0.15, 0.2) is 25.3 Å². The monoisotopic (exact) mass is 443 g/mol. The zero-order chi connectivity index (χ0) is 23.4. The van der Waals surface area contributed by atoms with E-state index in [4.69, 9.17) is 18.9 Å². The Labute approximate surface area is 184 Å². The highest BCUT2D eigenvalue weighted by Gasteiger charge is 2.32.